The lowest BCUT2D eigenvalue weighted by Crippen LogP contribution is -2.52. The van der Waals surface area contributed by atoms with Gasteiger partial charge < -0.3 is 0 Å². The van der Waals surface area contributed by atoms with Gasteiger partial charge >= 0.3 is 0 Å². The SMILES string of the molecule is Cc1ccc(C(=O)CN(C(=O)c2ccc([N+](=O)[O-])cc2)N2C(=O)[C@@H]3CC=CC[C@H]3C2=O)cc1C. The van der Waals surface area contributed by atoms with Crippen LogP contribution < -0.4 is 0 Å². The number of rotatable bonds is 6. The monoisotopic (exact) mass is 461 g/mol. The Hall–Kier alpha value is -4.14. The number of carbonyl (C=O) groups is 4. The van der Waals surface area contributed by atoms with Gasteiger partial charge in [0.25, 0.3) is 23.4 Å². The zero-order valence-electron chi connectivity index (χ0n) is 18.8. The predicted octanol–water partition coefficient (Wildman–Crippen LogP) is 3.40. The normalized spacial score (nSPS) is 19.2. The molecule has 2 aromatic carbocycles. The van der Waals surface area contributed by atoms with Crippen LogP contribution in [0.2, 0.25) is 0 Å². The first-order valence-corrected chi connectivity index (χ1v) is 10.9. The van der Waals surface area contributed by atoms with Crippen LogP contribution in [-0.4, -0.2) is 45.0 Å². The van der Waals surface area contributed by atoms with Crippen LogP contribution in [0.5, 0.6) is 0 Å². The van der Waals surface area contributed by atoms with Crippen molar-refractivity contribution in [3.05, 3.63) is 87.0 Å². The van der Waals surface area contributed by atoms with Crippen molar-refractivity contribution in [1.29, 1.82) is 0 Å². The van der Waals surface area contributed by atoms with E-state index in [1.54, 1.807) is 18.2 Å². The molecule has 0 unspecified atom stereocenters. The molecule has 9 heteroatoms. The highest BCUT2D eigenvalue weighted by Crippen LogP contribution is 2.36. The molecule has 0 aromatic heterocycles. The molecule has 34 heavy (non-hydrogen) atoms. The van der Waals surface area contributed by atoms with E-state index >= 15 is 0 Å². The third kappa shape index (κ3) is 4.12. The largest absolute Gasteiger partial charge is 0.292 e. The highest BCUT2D eigenvalue weighted by Gasteiger charge is 2.51. The Labute approximate surface area is 195 Å². The van der Waals surface area contributed by atoms with E-state index in [4.69, 9.17) is 0 Å². The predicted molar refractivity (Wildman–Crippen MR) is 122 cm³/mol. The van der Waals surface area contributed by atoms with Crippen LogP contribution in [0.25, 0.3) is 0 Å². The topological polar surface area (TPSA) is 118 Å². The first-order chi connectivity index (χ1) is 16.2. The van der Waals surface area contributed by atoms with Crippen LogP contribution >= 0.6 is 0 Å². The number of amides is 3. The molecular formula is C25H23N3O6. The smallest absolute Gasteiger partial charge is 0.273 e. The Morgan fingerprint density at radius 1 is 0.941 bits per heavy atom. The fourth-order valence-corrected chi connectivity index (χ4v) is 4.27. The first-order valence-electron chi connectivity index (χ1n) is 10.9. The summed E-state index contributed by atoms with van der Waals surface area (Å²) in [7, 11) is 0. The first kappa shape index (κ1) is 23.0. The van der Waals surface area contributed by atoms with E-state index in [0.717, 1.165) is 33.3 Å². The van der Waals surface area contributed by atoms with Crippen molar-refractivity contribution >= 4 is 29.2 Å². The van der Waals surface area contributed by atoms with Gasteiger partial charge in [0.2, 0.25) is 0 Å². The highest BCUT2D eigenvalue weighted by atomic mass is 16.6. The van der Waals surface area contributed by atoms with Crippen LogP contribution in [0.3, 0.4) is 0 Å². The fraction of sp³-hybridized carbons (Fsp3) is 0.280. The lowest BCUT2D eigenvalue weighted by molar-refractivity contribution is -0.384. The van der Waals surface area contributed by atoms with Gasteiger partial charge in [0.15, 0.2) is 5.78 Å². The van der Waals surface area contributed by atoms with E-state index in [1.807, 2.05) is 26.0 Å². The zero-order chi connectivity index (χ0) is 24.6. The summed E-state index contributed by atoms with van der Waals surface area (Å²) >= 11 is 0. The summed E-state index contributed by atoms with van der Waals surface area (Å²) in [6, 6.07) is 9.93. The van der Waals surface area contributed by atoms with Crippen LogP contribution in [-0.2, 0) is 9.59 Å². The maximum Gasteiger partial charge on any atom is 0.273 e. The molecule has 9 nitrogen and oxygen atoms in total. The number of nitrogens with zero attached hydrogens (tertiary/aromatic N) is 3. The van der Waals surface area contributed by atoms with Crippen molar-refractivity contribution in [2.45, 2.75) is 26.7 Å². The molecule has 1 fully saturated rings. The van der Waals surface area contributed by atoms with Crippen molar-refractivity contribution in [3.63, 3.8) is 0 Å². The Bertz CT molecular complexity index is 1210. The maximum atomic E-state index is 13.4. The number of ketones is 1. The summed E-state index contributed by atoms with van der Waals surface area (Å²) in [5.41, 5.74) is 2.05. The molecule has 0 spiro atoms. The zero-order valence-corrected chi connectivity index (χ0v) is 18.8. The highest BCUT2D eigenvalue weighted by molar-refractivity contribution is 6.09. The average molecular weight is 461 g/mol. The molecule has 2 aliphatic rings. The average Bonchev–Trinajstić information content (AvgIpc) is 3.08. The minimum atomic E-state index is -0.764. The molecule has 3 amide bonds. The number of nitro groups is 1. The second-order valence-corrected chi connectivity index (χ2v) is 8.53. The van der Waals surface area contributed by atoms with Crippen LogP contribution in [0, 0.1) is 35.8 Å². The number of benzene rings is 2. The van der Waals surface area contributed by atoms with Crippen molar-refractivity contribution in [2.75, 3.05) is 6.54 Å². The van der Waals surface area contributed by atoms with Gasteiger partial charge in [-0.05, 0) is 56.0 Å². The number of carbonyl (C=O) groups excluding carboxylic acids is 4. The fourth-order valence-electron chi connectivity index (χ4n) is 4.27. The summed E-state index contributed by atoms with van der Waals surface area (Å²) in [5, 5.41) is 12.6. The molecule has 0 radical (unpaired) electrons. The molecule has 1 aliphatic carbocycles. The number of non-ortho nitro benzene ring substituents is 1. The van der Waals surface area contributed by atoms with Gasteiger partial charge in [-0.1, -0.05) is 24.3 Å². The Balaban J connectivity index is 1.70. The molecule has 174 valence electrons. The summed E-state index contributed by atoms with van der Waals surface area (Å²) in [5.74, 6) is -3.42. The number of hydrogen-bond donors (Lipinski definition) is 0. The second-order valence-electron chi connectivity index (χ2n) is 8.53. The Morgan fingerprint density at radius 3 is 2.03 bits per heavy atom. The van der Waals surface area contributed by atoms with Crippen molar-refractivity contribution in [3.8, 4) is 0 Å². The second kappa shape index (κ2) is 9.01. The van der Waals surface area contributed by atoms with Crippen LogP contribution in [0.15, 0.2) is 54.6 Å². The van der Waals surface area contributed by atoms with Crippen molar-refractivity contribution in [1.82, 2.24) is 10.0 Å². The van der Waals surface area contributed by atoms with Gasteiger partial charge in [-0.2, -0.15) is 5.01 Å². The molecule has 0 bridgehead atoms. The summed E-state index contributed by atoms with van der Waals surface area (Å²) in [4.78, 5) is 63.3. The number of fused-ring (bicyclic) bond motifs is 1. The molecule has 1 saturated heterocycles. The van der Waals surface area contributed by atoms with Crippen LogP contribution in [0.1, 0.15) is 44.7 Å². The summed E-state index contributed by atoms with van der Waals surface area (Å²) < 4.78 is 0. The lowest BCUT2D eigenvalue weighted by Gasteiger charge is -2.30. The third-order valence-corrected chi connectivity index (χ3v) is 6.41. The van der Waals surface area contributed by atoms with Gasteiger partial charge in [0.1, 0.15) is 6.54 Å². The van der Waals surface area contributed by atoms with E-state index in [1.165, 1.54) is 12.1 Å². The third-order valence-electron chi connectivity index (χ3n) is 6.41. The number of allylic oxidation sites excluding steroid dienone is 2. The standard InChI is InChI=1S/C25H23N3O6/c1-15-7-8-18(13-16(15)2)22(29)14-26(23(30)17-9-11-19(12-10-17)28(33)34)27-24(31)20-5-3-4-6-21(20)25(27)32/h3-4,7-13,20-21H,5-6,14H2,1-2H3/t20-,21-/m1/s1. The van der Waals surface area contributed by atoms with Crippen molar-refractivity contribution < 1.29 is 24.1 Å². The molecule has 2 aromatic rings. The molecule has 0 N–H and O–H groups in total. The number of aryl methyl sites for hydroxylation is 2. The van der Waals surface area contributed by atoms with Gasteiger partial charge in [-0.15, -0.1) is 0 Å². The van der Waals surface area contributed by atoms with E-state index in [2.05, 4.69) is 0 Å². The Kier molecular flexibility index (Phi) is 6.10. The quantitative estimate of drug-likeness (QED) is 0.214. The molecule has 2 atom stereocenters. The number of Topliss-reactive ketones (excluding diaryl/α,β-unsaturated/α-hetero) is 1. The van der Waals surface area contributed by atoms with Crippen LogP contribution in [0.4, 0.5) is 5.69 Å². The molecule has 1 heterocycles. The molecule has 4 rings (SSSR count). The number of imide groups is 1. The summed E-state index contributed by atoms with van der Waals surface area (Å²) in [6.07, 6.45) is 4.43. The summed E-state index contributed by atoms with van der Waals surface area (Å²) in [6.45, 7) is 3.24. The maximum absolute atomic E-state index is 13.4. The van der Waals surface area contributed by atoms with Gasteiger partial charge in [-0.25, -0.2) is 5.01 Å². The van der Waals surface area contributed by atoms with E-state index < -0.39 is 46.8 Å². The van der Waals surface area contributed by atoms with E-state index in [9.17, 15) is 29.3 Å². The van der Waals surface area contributed by atoms with Gasteiger partial charge in [0.05, 0.1) is 16.8 Å². The molecule has 0 saturated carbocycles. The lowest BCUT2D eigenvalue weighted by atomic mass is 9.85. The molecular weight excluding hydrogens is 438 g/mol. The number of hydrazine groups is 1. The number of hydrogen-bond acceptors (Lipinski definition) is 6. The van der Waals surface area contributed by atoms with Gasteiger partial charge in [-0.3, -0.25) is 29.3 Å². The number of nitro benzene ring substituents is 1. The van der Waals surface area contributed by atoms with E-state index in [-0.39, 0.29) is 11.3 Å². The minimum Gasteiger partial charge on any atom is -0.292 e. The van der Waals surface area contributed by atoms with Crippen molar-refractivity contribution in [2.24, 2.45) is 11.8 Å². The van der Waals surface area contributed by atoms with Gasteiger partial charge in [0, 0.05) is 23.3 Å². The minimum absolute atomic E-state index is 0.0204. The van der Waals surface area contributed by atoms with E-state index in [0.29, 0.717) is 18.4 Å². The Morgan fingerprint density at radius 2 is 1.50 bits per heavy atom. The molecule has 1 aliphatic heterocycles.